The Bertz CT molecular complexity index is 1020. The molecule has 0 saturated heterocycles. The molecule has 158 valence electrons. The third-order valence-corrected chi connectivity index (χ3v) is 11.2. The zero-order chi connectivity index (χ0) is 21.4. The van der Waals surface area contributed by atoms with Gasteiger partial charge in [0.05, 0.1) is 11.6 Å². The van der Waals surface area contributed by atoms with Gasteiger partial charge in [0.1, 0.15) is 12.4 Å². The Kier molecular flexibility index (Phi) is 5.73. The summed E-state index contributed by atoms with van der Waals surface area (Å²) in [4.78, 5) is 4.77. The summed E-state index contributed by atoms with van der Waals surface area (Å²) in [6.45, 7) is 12.2. The quantitative estimate of drug-likeness (QED) is 0.409. The zero-order valence-electron chi connectivity index (χ0n) is 18.9. The van der Waals surface area contributed by atoms with Crippen LogP contribution in [0.4, 0.5) is 0 Å². The SMILES string of the molecule is CC(C)(C)[Si](C)(C)OC1CCCc2cnc3cc(OCc4ccccc4)ccc3c21. The van der Waals surface area contributed by atoms with Crippen LogP contribution >= 0.6 is 0 Å². The van der Waals surface area contributed by atoms with Crippen molar-refractivity contribution in [2.45, 2.75) is 70.9 Å². The molecule has 4 rings (SSSR count). The molecule has 1 aliphatic carbocycles. The van der Waals surface area contributed by atoms with Crippen molar-refractivity contribution in [3.05, 3.63) is 71.4 Å². The smallest absolute Gasteiger partial charge is 0.192 e. The van der Waals surface area contributed by atoms with E-state index < -0.39 is 8.32 Å². The van der Waals surface area contributed by atoms with Gasteiger partial charge in [0.25, 0.3) is 0 Å². The number of rotatable bonds is 5. The zero-order valence-corrected chi connectivity index (χ0v) is 19.9. The molecule has 1 aromatic heterocycles. The first-order chi connectivity index (χ1) is 14.2. The number of benzene rings is 2. The molecule has 0 amide bonds. The van der Waals surface area contributed by atoms with Crippen molar-refractivity contribution in [2.75, 3.05) is 0 Å². The number of fused-ring (bicyclic) bond motifs is 3. The number of aryl methyl sites for hydroxylation is 1. The van der Waals surface area contributed by atoms with Crippen LogP contribution in [0.25, 0.3) is 10.9 Å². The standard InChI is InChI=1S/C26H33NO2Si/c1-26(2,3)30(4,5)29-24-13-9-12-20-17-27-23-16-21(14-15-22(23)25(20)24)28-18-19-10-7-6-8-11-19/h6-8,10-11,14-17,24H,9,12-13,18H2,1-5H3. The summed E-state index contributed by atoms with van der Waals surface area (Å²) in [7, 11) is -1.85. The minimum absolute atomic E-state index is 0.163. The van der Waals surface area contributed by atoms with E-state index in [0.29, 0.717) is 6.61 Å². The van der Waals surface area contributed by atoms with Crippen LogP contribution in [0.1, 0.15) is 56.4 Å². The molecule has 0 aliphatic heterocycles. The van der Waals surface area contributed by atoms with Crippen molar-refractivity contribution in [2.24, 2.45) is 0 Å². The van der Waals surface area contributed by atoms with Gasteiger partial charge in [-0.3, -0.25) is 4.98 Å². The third kappa shape index (κ3) is 4.30. The Hall–Kier alpha value is -2.17. The average Bonchev–Trinajstić information content (AvgIpc) is 2.71. The van der Waals surface area contributed by atoms with Gasteiger partial charge >= 0.3 is 0 Å². The Labute approximate surface area is 181 Å². The van der Waals surface area contributed by atoms with Gasteiger partial charge in [-0.15, -0.1) is 0 Å². The van der Waals surface area contributed by atoms with E-state index in [-0.39, 0.29) is 11.1 Å². The Morgan fingerprint density at radius 1 is 1.07 bits per heavy atom. The van der Waals surface area contributed by atoms with Crippen LogP contribution in [-0.2, 0) is 17.5 Å². The second-order valence-corrected chi connectivity index (χ2v) is 14.7. The normalized spacial score (nSPS) is 17.0. The lowest BCUT2D eigenvalue weighted by Crippen LogP contribution is -2.42. The van der Waals surface area contributed by atoms with Gasteiger partial charge in [0, 0.05) is 17.6 Å². The van der Waals surface area contributed by atoms with Crippen molar-refractivity contribution >= 4 is 19.2 Å². The molecule has 1 aliphatic rings. The molecule has 1 heterocycles. The molecule has 0 radical (unpaired) electrons. The highest BCUT2D eigenvalue weighted by molar-refractivity contribution is 6.74. The molecular weight excluding hydrogens is 386 g/mol. The second-order valence-electron chi connectivity index (χ2n) is 9.91. The van der Waals surface area contributed by atoms with Gasteiger partial charge in [-0.05, 0) is 66.2 Å². The average molecular weight is 420 g/mol. The summed E-state index contributed by atoms with van der Waals surface area (Å²) in [6, 6.07) is 16.6. The van der Waals surface area contributed by atoms with Crippen LogP contribution < -0.4 is 4.74 Å². The lowest BCUT2D eigenvalue weighted by molar-refractivity contribution is 0.164. The van der Waals surface area contributed by atoms with Crippen LogP contribution in [0, 0.1) is 0 Å². The molecule has 4 heteroatoms. The predicted octanol–water partition coefficient (Wildman–Crippen LogP) is 7.21. The van der Waals surface area contributed by atoms with Gasteiger partial charge in [-0.1, -0.05) is 51.1 Å². The van der Waals surface area contributed by atoms with E-state index in [2.05, 4.69) is 70.4 Å². The van der Waals surface area contributed by atoms with Gasteiger partial charge in [0.15, 0.2) is 8.32 Å². The van der Waals surface area contributed by atoms with E-state index >= 15 is 0 Å². The summed E-state index contributed by atoms with van der Waals surface area (Å²) < 4.78 is 12.9. The highest BCUT2D eigenvalue weighted by Gasteiger charge is 2.40. The second kappa shape index (κ2) is 8.16. The van der Waals surface area contributed by atoms with E-state index in [1.165, 1.54) is 22.1 Å². The number of ether oxygens (including phenoxy) is 1. The van der Waals surface area contributed by atoms with E-state index in [9.17, 15) is 0 Å². The van der Waals surface area contributed by atoms with E-state index in [1.54, 1.807) is 0 Å². The first-order valence-electron chi connectivity index (χ1n) is 11.0. The van der Waals surface area contributed by atoms with Gasteiger partial charge < -0.3 is 9.16 Å². The molecule has 1 atom stereocenters. The fraction of sp³-hybridized carbons (Fsp3) is 0.423. The topological polar surface area (TPSA) is 31.4 Å². The van der Waals surface area contributed by atoms with Gasteiger partial charge in [-0.25, -0.2) is 0 Å². The number of hydrogen-bond acceptors (Lipinski definition) is 3. The number of pyridine rings is 1. The maximum atomic E-state index is 6.89. The largest absolute Gasteiger partial charge is 0.489 e. The summed E-state index contributed by atoms with van der Waals surface area (Å²) in [5.41, 5.74) is 4.85. The molecule has 0 bridgehead atoms. The minimum atomic E-state index is -1.85. The highest BCUT2D eigenvalue weighted by Crippen LogP contribution is 2.44. The Balaban J connectivity index is 1.63. The van der Waals surface area contributed by atoms with Crippen LogP contribution in [0.15, 0.2) is 54.7 Å². The van der Waals surface area contributed by atoms with Crippen LogP contribution in [0.3, 0.4) is 0 Å². The molecule has 2 aromatic carbocycles. The minimum Gasteiger partial charge on any atom is -0.489 e. The molecule has 1 unspecified atom stereocenters. The monoisotopic (exact) mass is 419 g/mol. The maximum Gasteiger partial charge on any atom is 0.192 e. The van der Waals surface area contributed by atoms with Crippen LogP contribution in [0.2, 0.25) is 18.1 Å². The molecular formula is C26H33NO2Si. The molecule has 30 heavy (non-hydrogen) atoms. The van der Waals surface area contributed by atoms with E-state index in [0.717, 1.165) is 30.5 Å². The molecule has 0 N–H and O–H groups in total. The van der Waals surface area contributed by atoms with Crippen LogP contribution in [0.5, 0.6) is 5.75 Å². The summed E-state index contributed by atoms with van der Waals surface area (Å²) in [5, 5.41) is 1.41. The lowest BCUT2D eigenvalue weighted by atomic mass is 9.88. The lowest BCUT2D eigenvalue weighted by Gasteiger charge is -2.41. The fourth-order valence-electron chi connectivity index (χ4n) is 3.92. The van der Waals surface area contributed by atoms with Crippen molar-refractivity contribution < 1.29 is 9.16 Å². The summed E-state index contributed by atoms with van der Waals surface area (Å²) >= 11 is 0. The first-order valence-corrected chi connectivity index (χ1v) is 13.9. The molecule has 0 spiro atoms. The first kappa shape index (κ1) is 21.1. The van der Waals surface area contributed by atoms with E-state index in [1.807, 2.05) is 18.2 Å². The predicted molar refractivity (Wildman–Crippen MR) is 126 cm³/mol. The highest BCUT2D eigenvalue weighted by atomic mass is 28.4. The maximum absolute atomic E-state index is 6.89. The van der Waals surface area contributed by atoms with Crippen LogP contribution in [-0.4, -0.2) is 13.3 Å². The van der Waals surface area contributed by atoms with Gasteiger partial charge in [0.2, 0.25) is 0 Å². The Morgan fingerprint density at radius 3 is 2.57 bits per heavy atom. The van der Waals surface area contributed by atoms with Crippen molar-refractivity contribution in [3.63, 3.8) is 0 Å². The summed E-state index contributed by atoms with van der Waals surface area (Å²) in [5.74, 6) is 0.858. The molecule has 3 nitrogen and oxygen atoms in total. The number of nitrogens with zero attached hydrogens (tertiary/aromatic N) is 1. The van der Waals surface area contributed by atoms with Gasteiger partial charge in [-0.2, -0.15) is 0 Å². The Morgan fingerprint density at radius 2 is 1.83 bits per heavy atom. The third-order valence-electron chi connectivity index (χ3n) is 6.69. The fourth-order valence-corrected chi connectivity index (χ4v) is 5.22. The molecule has 3 aromatic rings. The van der Waals surface area contributed by atoms with Crippen molar-refractivity contribution in [1.29, 1.82) is 0 Å². The molecule has 0 fully saturated rings. The van der Waals surface area contributed by atoms with E-state index in [4.69, 9.17) is 14.1 Å². The molecule has 0 saturated carbocycles. The number of aromatic nitrogens is 1. The van der Waals surface area contributed by atoms with Crippen molar-refractivity contribution in [1.82, 2.24) is 4.98 Å². The van der Waals surface area contributed by atoms with Crippen molar-refractivity contribution in [3.8, 4) is 5.75 Å². The summed E-state index contributed by atoms with van der Waals surface area (Å²) in [6.07, 6.45) is 5.56. The number of hydrogen-bond donors (Lipinski definition) is 0.